The van der Waals surface area contributed by atoms with Crippen molar-refractivity contribution in [2.75, 3.05) is 6.73 Å². The van der Waals surface area contributed by atoms with Gasteiger partial charge in [-0.05, 0) is 12.1 Å². The number of benzene rings is 1. The summed E-state index contributed by atoms with van der Waals surface area (Å²) in [6, 6.07) is 9.81. The first-order valence-corrected chi connectivity index (χ1v) is 3.45. The van der Waals surface area contributed by atoms with Gasteiger partial charge in [0.25, 0.3) is 0 Å². The maximum atomic E-state index is 5.18. The largest absolute Gasteiger partial charge is 0.454 e. The summed E-state index contributed by atoms with van der Waals surface area (Å²) in [5, 5.41) is 3.95. The van der Waals surface area contributed by atoms with Gasteiger partial charge in [0.05, 0.1) is 0 Å². The average molecular weight is 148 g/mol. The van der Waals surface area contributed by atoms with E-state index in [2.05, 4.69) is 10.5 Å². The Morgan fingerprint density at radius 1 is 1.27 bits per heavy atom. The molecule has 2 rings (SSSR count). The van der Waals surface area contributed by atoms with E-state index < -0.39 is 0 Å². The van der Waals surface area contributed by atoms with Crippen LogP contribution in [0.5, 0.6) is 0 Å². The van der Waals surface area contributed by atoms with E-state index in [1.54, 1.807) is 0 Å². The molecule has 0 unspecified atom stereocenters. The highest BCUT2D eigenvalue weighted by Gasteiger charge is 2.07. The predicted octanol–water partition coefficient (Wildman–Crippen LogP) is 0.925. The zero-order valence-electron chi connectivity index (χ0n) is 5.95. The molecule has 0 radical (unpaired) electrons. The van der Waals surface area contributed by atoms with Crippen molar-refractivity contribution in [1.82, 2.24) is 5.43 Å². The molecule has 56 valence electrons. The molecule has 0 fully saturated rings. The smallest absolute Gasteiger partial charge is 0.239 e. The van der Waals surface area contributed by atoms with Crippen molar-refractivity contribution < 1.29 is 4.74 Å². The minimum absolute atomic E-state index is 0.476. The summed E-state index contributed by atoms with van der Waals surface area (Å²) < 4.78 is 5.18. The first-order valence-electron chi connectivity index (χ1n) is 3.45. The number of hydrogen-bond donors (Lipinski definition) is 1. The lowest BCUT2D eigenvalue weighted by atomic mass is 10.2. The van der Waals surface area contributed by atoms with Gasteiger partial charge in [0.2, 0.25) is 5.90 Å². The third-order valence-electron chi connectivity index (χ3n) is 1.47. The van der Waals surface area contributed by atoms with E-state index in [0.29, 0.717) is 12.6 Å². The molecule has 0 amide bonds. The Bertz CT molecular complexity index is 269. The minimum Gasteiger partial charge on any atom is -0.454 e. The molecule has 0 spiro atoms. The Morgan fingerprint density at radius 2 is 2.09 bits per heavy atom. The van der Waals surface area contributed by atoms with Gasteiger partial charge in [0, 0.05) is 5.56 Å². The molecule has 11 heavy (non-hydrogen) atoms. The Labute approximate surface area is 64.7 Å². The summed E-state index contributed by atoms with van der Waals surface area (Å²) in [5.41, 5.74) is 3.75. The number of rotatable bonds is 1. The molecule has 1 aliphatic heterocycles. The van der Waals surface area contributed by atoms with Gasteiger partial charge in [0.15, 0.2) is 6.73 Å². The first-order chi connectivity index (χ1) is 5.47. The predicted molar refractivity (Wildman–Crippen MR) is 42.1 cm³/mol. The second-order valence-corrected chi connectivity index (χ2v) is 2.23. The van der Waals surface area contributed by atoms with Crippen molar-refractivity contribution in [3.8, 4) is 0 Å². The van der Waals surface area contributed by atoms with Crippen LogP contribution in [0, 0.1) is 0 Å². The van der Waals surface area contributed by atoms with E-state index in [1.165, 1.54) is 0 Å². The van der Waals surface area contributed by atoms with Gasteiger partial charge >= 0.3 is 0 Å². The third kappa shape index (κ3) is 1.17. The van der Waals surface area contributed by atoms with Crippen molar-refractivity contribution in [3.63, 3.8) is 0 Å². The molecule has 1 aromatic carbocycles. The minimum atomic E-state index is 0.476. The van der Waals surface area contributed by atoms with Gasteiger partial charge in [-0.2, -0.15) is 0 Å². The maximum absolute atomic E-state index is 5.18. The highest BCUT2D eigenvalue weighted by molar-refractivity contribution is 5.94. The van der Waals surface area contributed by atoms with Crippen LogP contribution in [-0.4, -0.2) is 12.6 Å². The number of ether oxygens (including phenoxy) is 1. The quantitative estimate of drug-likeness (QED) is 0.642. The Kier molecular flexibility index (Phi) is 1.48. The van der Waals surface area contributed by atoms with Crippen LogP contribution < -0.4 is 5.43 Å². The number of nitrogens with one attached hydrogen (secondary N) is 1. The van der Waals surface area contributed by atoms with Gasteiger partial charge in [0.1, 0.15) is 0 Å². The van der Waals surface area contributed by atoms with Crippen LogP contribution in [0.2, 0.25) is 0 Å². The lowest BCUT2D eigenvalue weighted by Gasteiger charge is -1.97. The lowest BCUT2D eigenvalue weighted by molar-refractivity contribution is 0.316. The summed E-state index contributed by atoms with van der Waals surface area (Å²) >= 11 is 0. The summed E-state index contributed by atoms with van der Waals surface area (Å²) in [6.45, 7) is 0.476. The molecule has 0 aromatic heterocycles. The van der Waals surface area contributed by atoms with Gasteiger partial charge in [-0.3, -0.25) is 5.43 Å². The van der Waals surface area contributed by atoms with Crippen molar-refractivity contribution in [2.45, 2.75) is 0 Å². The van der Waals surface area contributed by atoms with Crippen molar-refractivity contribution in [2.24, 2.45) is 5.10 Å². The second-order valence-electron chi connectivity index (χ2n) is 2.23. The molecule has 0 atom stereocenters. The van der Waals surface area contributed by atoms with Crippen molar-refractivity contribution in [3.05, 3.63) is 35.9 Å². The van der Waals surface area contributed by atoms with Crippen molar-refractivity contribution in [1.29, 1.82) is 0 Å². The van der Waals surface area contributed by atoms with Crippen LogP contribution in [0.4, 0.5) is 0 Å². The first kappa shape index (κ1) is 6.22. The van der Waals surface area contributed by atoms with Crippen LogP contribution >= 0.6 is 0 Å². The van der Waals surface area contributed by atoms with Crippen LogP contribution in [0.1, 0.15) is 5.56 Å². The fourth-order valence-electron chi connectivity index (χ4n) is 0.966. The molecule has 0 bridgehead atoms. The summed E-state index contributed by atoms with van der Waals surface area (Å²) in [6.07, 6.45) is 0. The Morgan fingerprint density at radius 3 is 2.73 bits per heavy atom. The summed E-state index contributed by atoms with van der Waals surface area (Å²) in [4.78, 5) is 0. The molecular formula is C8H8N2O. The van der Waals surface area contributed by atoms with E-state index in [1.807, 2.05) is 30.3 Å². The van der Waals surface area contributed by atoms with Gasteiger partial charge < -0.3 is 4.74 Å². The normalized spacial score (nSPS) is 15.1. The third-order valence-corrected chi connectivity index (χ3v) is 1.47. The monoisotopic (exact) mass is 148 g/mol. The molecular weight excluding hydrogens is 140 g/mol. The highest BCUT2D eigenvalue weighted by atomic mass is 16.5. The molecule has 3 heteroatoms. The maximum Gasteiger partial charge on any atom is 0.239 e. The summed E-state index contributed by atoms with van der Waals surface area (Å²) in [5.74, 6) is 0.672. The van der Waals surface area contributed by atoms with Crippen LogP contribution in [0.3, 0.4) is 0 Å². The number of nitrogens with zero attached hydrogens (tertiary/aromatic N) is 1. The SMILES string of the molecule is c1ccc(C2=NNCO2)cc1. The molecule has 1 aromatic rings. The fourth-order valence-corrected chi connectivity index (χ4v) is 0.966. The summed E-state index contributed by atoms with van der Waals surface area (Å²) in [7, 11) is 0. The number of hydrogen-bond acceptors (Lipinski definition) is 3. The zero-order chi connectivity index (χ0) is 7.52. The highest BCUT2D eigenvalue weighted by Crippen LogP contribution is 2.03. The molecule has 3 nitrogen and oxygen atoms in total. The standard InChI is InChI=1S/C8H8N2O/c1-2-4-7(5-3-1)8-10-9-6-11-8/h1-5,9H,6H2. The average Bonchev–Trinajstić information content (AvgIpc) is 2.58. The van der Waals surface area contributed by atoms with E-state index in [0.717, 1.165) is 5.56 Å². The van der Waals surface area contributed by atoms with Gasteiger partial charge in [-0.25, -0.2) is 0 Å². The van der Waals surface area contributed by atoms with Gasteiger partial charge in [-0.15, -0.1) is 5.10 Å². The van der Waals surface area contributed by atoms with Gasteiger partial charge in [-0.1, -0.05) is 18.2 Å². The number of hydrazone groups is 1. The van der Waals surface area contributed by atoms with Crippen molar-refractivity contribution >= 4 is 5.90 Å². The molecule has 0 saturated carbocycles. The van der Waals surface area contributed by atoms with E-state index in [-0.39, 0.29) is 0 Å². The van der Waals surface area contributed by atoms with Crippen LogP contribution in [0.25, 0.3) is 0 Å². The lowest BCUT2D eigenvalue weighted by Crippen LogP contribution is -2.01. The van der Waals surface area contributed by atoms with Crippen LogP contribution in [-0.2, 0) is 4.74 Å². The fraction of sp³-hybridized carbons (Fsp3) is 0.125. The Hall–Kier alpha value is -1.51. The molecule has 1 heterocycles. The molecule has 0 saturated heterocycles. The van der Waals surface area contributed by atoms with E-state index in [9.17, 15) is 0 Å². The second kappa shape index (κ2) is 2.62. The van der Waals surface area contributed by atoms with E-state index >= 15 is 0 Å². The van der Waals surface area contributed by atoms with Crippen LogP contribution in [0.15, 0.2) is 35.4 Å². The Balaban J connectivity index is 2.29. The molecule has 1 aliphatic rings. The zero-order valence-corrected chi connectivity index (χ0v) is 5.95. The van der Waals surface area contributed by atoms with E-state index in [4.69, 9.17) is 4.74 Å². The topological polar surface area (TPSA) is 33.6 Å². The molecule has 1 N–H and O–H groups in total. The molecule has 0 aliphatic carbocycles.